The van der Waals surface area contributed by atoms with Gasteiger partial charge in [-0.1, -0.05) is 130 Å². The summed E-state index contributed by atoms with van der Waals surface area (Å²) in [5.41, 5.74) is 8.66. The van der Waals surface area contributed by atoms with E-state index in [2.05, 4.69) is 144 Å². The van der Waals surface area contributed by atoms with E-state index in [-0.39, 0.29) is 97.1 Å². The first-order valence-electron chi connectivity index (χ1n) is 16.8. The van der Waals surface area contributed by atoms with Crippen molar-refractivity contribution in [2.24, 2.45) is 47.3 Å². The van der Waals surface area contributed by atoms with Crippen molar-refractivity contribution < 1.29 is 65.9 Å². The smallest absolute Gasteiger partial charge is 1.00 e. The third-order valence-electron chi connectivity index (χ3n) is 11.5. The van der Waals surface area contributed by atoms with Crippen LogP contribution in [0.4, 0.5) is 0 Å². The number of hydrogen-bond donors (Lipinski definition) is 0. The van der Waals surface area contributed by atoms with Crippen LogP contribution in [0.5, 0.6) is 0 Å². The van der Waals surface area contributed by atoms with E-state index in [1.54, 1.807) is 0 Å². The fourth-order valence-electron chi connectivity index (χ4n) is 7.72. The van der Waals surface area contributed by atoms with E-state index in [4.69, 9.17) is 17.0 Å². The minimum atomic E-state index is -0.826. The Morgan fingerprint density at radius 3 is 0.846 bits per heavy atom. The zero-order chi connectivity index (χ0) is 32.4. The Bertz CT molecular complexity index is 1080. The molecule has 5 heteroatoms. The molecule has 0 aliphatic heterocycles. The summed E-state index contributed by atoms with van der Waals surface area (Å²) in [6, 6.07) is 17.3. The Kier molecular flexibility index (Phi) is 47.6. The van der Waals surface area contributed by atoms with E-state index < -0.39 is 20.8 Å². The molecule has 0 amide bonds. The normalized spacial score (nSPS) is 27.2. The van der Waals surface area contributed by atoms with Gasteiger partial charge in [0.05, 0.1) is 0 Å². The van der Waals surface area contributed by atoms with Crippen molar-refractivity contribution >= 4 is 28.2 Å². The molecule has 0 heterocycles. The van der Waals surface area contributed by atoms with Gasteiger partial charge in [0, 0.05) is 11.8 Å². The van der Waals surface area contributed by atoms with Gasteiger partial charge in [0.2, 0.25) is 0 Å². The average molecular weight is 906 g/mol. The molecule has 0 radical (unpaired) electrons. The average Bonchev–Trinajstić information content (AvgIpc) is 3.60. The quantitative estimate of drug-likeness (QED) is 0.183. The molecule has 292 valence electrons. The summed E-state index contributed by atoms with van der Waals surface area (Å²) in [7, 11) is 9.87. The van der Waals surface area contributed by atoms with E-state index >= 15 is 0 Å². The molecule has 2 aromatic carbocycles. The molecule has 6 rings (SSSR count). The van der Waals surface area contributed by atoms with Crippen molar-refractivity contribution in [3.05, 3.63) is 135 Å². The molecule has 0 aromatic heterocycles. The summed E-state index contributed by atoms with van der Waals surface area (Å²) in [5, 5.41) is 0. The molecular formula is C47H81Cl2LiZr2. The number of halogens is 2. The van der Waals surface area contributed by atoms with Crippen LogP contribution in [-0.4, -0.2) is 0 Å². The topological polar surface area (TPSA) is 0 Å². The van der Waals surface area contributed by atoms with Crippen molar-refractivity contribution in [2.45, 2.75) is 108 Å². The molecule has 0 bridgehead atoms. The molecule has 2 aromatic rings. The Morgan fingerprint density at radius 2 is 0.673 bits per heavy atom. The second-order valence-corrected chi connectivity index (χ2v) is 18.1. The van der Waals surface area contributed by atoms with Crippen molar-refractivity contribution in [3.63, 3.8) is 0 Å². The number of hydrogen-bond acceptors (Lipinski definition) is 0. The van der Waals surface area contributed by atoms with Crippen LogP contribution in [0.1, 0.15) is 130 Å². The molecule has 10 atom stereocenters. The third-order valence-corrected chi connectivity index (χ3v) is 11.5. The third kappa shape index (κ3) is 20.3. The minimum absolute atomic E-state index is 0. The molecule has 2 fully saturated rings. The van der Waals surface area contributed by atoms with Crippen molar-refractivity contribution in [1.82, 2.24) is 0 Å². The Morgan fingerprint density at radius 1 is 0.462 bits per heavy atom. The van der Waals surface area contributed by atoms with Crippen LogP contribution in [0.25, 0.3) is 11.1 Å². The first kappa shape index (κ1) is 70.6. The van der Waals surface area contributed by atoms with Gasteiger partial charge in [-0.05, 0) is 107 Å². The van der Waals surface area contributed by atoms with Crippen molar-refractivity contribution in [2.75, 3.05) is 0 Å². The van der Waals surface area contributed by atoms with Crippen LogP contribution in [0.2, 0.25) is 0 Å². The minimum Gasteiger partial charge on any atom is 1.00 e. The van der Waals surface area contributed by atoms with Crippen LogP contribution in [0, 0.1) is 99.3 Å². The SMILES string of the molecule is CC1=CC(C)c2ccccc21.CC1=CC(C)c2ccccc21.CC1CC(C)C(C)C1C.CC1CC(C)C(C)C1C.[CH3-].[CH3-].[CH3-].[CH3-].[CH3-].[CH3-].[CH3-].[Cl][Zr+2][Cl].[Li+].[Zr+4]. The molecule has 4 aliphatic rings. The number of benzene rings is 2. The fourth-order valence-corrected chi connectivity index (χ4v) is 7.72. The predicted octanol–water partition coefficient (Wildman–Crippen LogP) is 13.8. The molecule has 0 spiro atoms. The molecule has 0 saturated heterocycles. The van der Waals surface area contributed by atoms with Gasteiger partial charge in [0.15, 0.2) is 0 Å². The molecule has 4 aliphatic carbocycles. The maximum absolute atomic E-state index is 4.93. The zero-order valence-electron chi connectivity index (χ0n) is 37.7. The van der Waals surface area contributed by atoms with Crippen LogP contribution in [0.3, 0.4) is 0 Å². The van der Waals surface area contributed by atoms with Crippen molar-refractivity contribution in [1.29, 1.82) is 0 Å². The van der Waals surface area contributed by atoms with Crippen molar-refractivity contribution in [3.8, 4) is 0 Å². The fraction of sp³-hybridized carbons (Fsp3) is 0.511. The number of fused-ring (bicyclic) bond motifs is 2. The Balaban J connectivity index is -0.0000000766. The molecule has 0 nitrogen and oxygen atoms in total. The summed E-state index contributed by atoms with van der Waals surface area (Å²) >= 11 is -0.826. The van der Waals surface area contributed by atoms with Crippen LogP contribution in [-0.2, 0) is 47.1 Å². The van der Waals surface area contributed by atoms with Gasteiger partial charge in [0.1, 0.15) is 0 Å². The summed E-state index contributed by atoms with van der Waals surface area (Å²) in [6.07, 6.45) is 7.54. The Labute approximate surface area is 380 Å². The molecule has 10 unspecified atom stereocenters. The van der Waals surface area contributed by atoms with Gasteiger partial charge < -0.3 is 52.0 Å². The number of rotatable bonds is 0. The van der Waals surface area contributed by atoms with Crippen LogP contribution in [0.15, 0.2) is 60.7 Å². The van der Waals surface area contributed by atoms with Crippen LogP contribution < -0.4 is 18.9 Å². The van der Waals surface area contributed by atoms with E-state index in [1.165, 1.54) is 46.2 Å². The first-order chi connectivity index (χ1) is 20.2. The van der Waals surface area contributed by atoms with Gasteiger partial charge in [0.25, 0.3) is 0 Å². The number of allylic oxidation sites excluding steroid dienone is 4. The van der Waals surface area contributed by atoms with Gasteiger partial charge in [-0.3, -0.25) is 0 Å². The molecule has 52 heavy (non-hydrogen) atoms. The summed E-state index contributed by atoms with van der Waals surface area (Å²) in [4.78, 5) is 0. The summed E-state index contributed by atoms with van der Waals surface area (Å²) in [5.74, 6) is 8.94. The maximum atomic E-state index is 4.93. The maximum Gasteiger partial charge on any atom is 4.00 e. The zero-order valence-corrected chi connectivity index (χ0v) is 44.1. The summed E-state index contributed by atoms with van der Waals surface area (Å²) in [6.45, 7) is 27.9. The van der Waals surface area contributed by atoms with Gasteiger partial charge in [-0.25, -0.2) is 0 Å². The summed E-state index contributed by atoms with van der Waals surface area (Å²) < 4.78 is 0. The largest absolute Gasteiger partial charge is 4.00 e. The standard InChI is InChI=1S/2C11H12.2C9H18.7CH3.2ClH.Li.2Zr/c2*1-8-7-9(2)11-6-4-3-5-10(8)11;2*1-6-5-7(2)9(4)8(6)3;;;;;;;;;;;;/h2*3-8H,1-2H3;2*6-9H,5H2,1-4H3;7*1H3;2*1H;;;/q;;;;7*-1;;;+1;2*+4/p-2. The first-order valence-corrected chi connectivity index (χ1v) is 23.1. The van der Waals surface area contributed by atoms with E-state index in [0.717, 1.165) is 47.3 Å². The second kappa shape index (κ2) is 35.1. The predicted molar refractivity (Wildman–Crippen MR) is 236 cm³/mol. The van der Waals surface area contributed by atoms with E-state index in [1.807, 2.05) is 0 Å². The van der Waals surface area contributed by atoms with Gasteiger partial charge in [-0.2, -0.15) is 0 Å². The second-order valence-electron chi connectivity index (χ2n) is 14.3. The molecule has 2 saturated carbocycles. The monoisotopic (exact) mass is 902 g/mol. The molecular weight excluding hydrogens is 825 g/mol. The van der Waals surface area contributed by atoms with Crippen LogP contribution >= 0.6 is 17.0 Å². The van der Waals surface area contributed by atoms with Gasteiger partial charge >= 0.3 is 82.9 Å². The Hall–Kier alpha value is 0.864. The van der Waals surface area contributed by atoms with E-state index in [9.17, 15) is 0 Å². The molecule has 0 N–H and O–H groups in total. The van der Waals surface area contributed by atoms with E-state index in [0.29, 0.717) is 11.8 Å². The van der Waals surface area contributed by atoms with Gasteiger partial charge in [-0.15, -0.1) is 0 Å².